The van der Waals surface area contributed by atoms with Crippen molar-refractivity contribution in [3.05, 3.63) is 68.7 Å². The van der Waals surface area contributed by atoms with Crippen LogP contribution in [-0.2, 0) is 6.42 Å². The molecule has 0 atom stereocenters. The first-order chi connectivity index (χ1) is 13.1. The van der Waals surface area contributed by atoms with E-state index in [1.54, 1.807) is 18.0 Å². The summed E-state index contributed by atoms with van der Waals surface area (Å²) in [5.74, 6) is 2.04. The van der Waals surface area contributed by atoms with Crippen molar-refractivity contribution >= 4 is 34.4 Å². The largest absolute Gasteiger partial charge is 0.493 e. The van der Waals surface area contributed by atoms with E-state index >= 15 is 0 Å². The highest BCUT2D eigenvalue weighted by Crippen LogP contribution is 2.36. The Labute approximate surface area is 171 Å². The maximum Gasteiger partial charge on any atom is 0.216 e. The Bertz CT molecular complexity index is 999. The smallest absolute Gasteiger partial charge is 0.216 e. The zero-order valence-electron chi connectivity index (χ0n) is 15.0. The van der Waals surface area contributed by atoms with Crippen LogP contribution in [0.2, 0.25) is 0 Å². The third-order valence-corrected chi connectivity index (χ3v) is 4.64. The molecule has 140 valence electrons. The maximum atomic E-state index is 5.62. The van der Waals surface area contributed by atoms with E-state index in [0.717, 1.165) is 21.4 Å². The fourth-order valence-corrected chi connectivity index (χ4v) is 3.33. The second-order valence-electron chi connectivity index (χ2n) is 5.63. The molecule has 2 aromatic carbocycles. The standard InChI is InChI=1S/C19H19BrN4O2S/c1-3-26-18-15(20)9-14(10-16(18)25-2)12-21-24-17(22-23-19(24)27)11-13-7-5-4-6-8-13/h4-10,12H,3,11H2,1-2H3,(H,23,27)/b21-12-. The molecule has 0 spiro atoms. The predicted octanol–water partition coefficient (Wildman–Crippen LogP) is 4.58. The molecular formula is C19H19BrN4O2S. The topological polar surface area (TPSA) is 64.4 Å². The summed E-state index contributed by atoms with van der Waals surface area (Å²) in [6.07, 6.45) is 2.34. The molecule has 0 fully saturated rings. The van der Waals surface area contributed by atoms with Gasteiger partial charge < -0.3 is 9.47 Å². The van der Waals surface area contributed by atoms with E-state index in [1.807, 2.05) is 49.4 Å². The van der Waals surface area contributed by atoms with Crippen LogP contribution >= 0.6 is 28.1 Å². The predicted molar refractivity (Wildman–Crippen MR) is 112 cm³/mol. The highest BCUT2D eigenvalue weighted by molar-refractivity contribution is 9.10. The van der Waals surface area contributed by atoms with Crippen molar-refractivity contribution < 1.29 is 9.47 Å². The van der Waals surface area contributed by atoms with Crippen molar-refractivity contribution in [2.45, 2.75) is 13.3 Å². The minimum atomic E-state index is 0.439. The maximum absolute atomic E-state index is 5.62. The van der Waals surface area contributed by atoms with Crippen LogP contribution in [0.4, 0.5) is 0 Å². The molecule has 0 aliphatic carbocycles. The number of ether oxygens (including phenoxy) is 2. The number of rotatable bonds is 7. The van der Waals surface area contributed by atoms with Crippen LogP contribution in [0.15, 0.2) is 52.0 Å². The van der Waals surface area contributed by atoms with Gasteiger partial charge in [0.15, 0.2) is 17.3 Å². The second kappa shape index (κ2) is 8.96. The fourth-order valence-electron chi connectivity index (χ4n) is 2.56. The summed E-state index contributed by atoms with van der Waals surface area (Å²) in [4.78, 5) is 0. The monoisotopic (exact) mass is 446 g/mol. The molecule has 1 aromatic heterocycles. The quantitative estimate of drug-likeness (QED) is 0.425. The molecule has 1 N–H and O–H groups in total. The van der Waals surface area contributed by atoms with Gasteiger partial charge in [-0.3, -0.25) is 5.10 Å². The van der Waals surface area contributed by atoms with Crippen molar-refractivity contribution in [1.29, 1.82) is 0 Å². The number of halogens is 1. The van der Waals surface area contributed by atoms with Crippen LogP contribution in [0.3, 0.4) is 0 Å². The van der Waals surface area contributed by atoms with E-state index < -0.39 is 0 Å². The zero-order valence-corrected chi connectivity index (χ0v) is 17.4. The molecule has 0 saturated carbocycles. The molecule has 0 aliphatic heterocycles. The van der Waals surface area contributed by atoms with Gasteiger partial charge in [0.25, 0.3) is 0 Å². The third-order valence-electron chi connectivity index (χ3n) is 3.79. The van der Waals surface area contributed by atoms with Gasteiger partial charge in [0.2, 0.25) is 4.77 Å². The Morgan fingerprint density at radius 3 is 2.78 bits per heavy atom. The number of H-pyrrole nitrogens is 1. The van der Waals surface area contributed by atoms with Crippen molar-refractivity contribution in [2.75, 3.05) is 13.7 Å². The Hall–Kier alpha value is -2.45. The van der Waals surface area contributed by atoms with E-state index in [1.165, 1.54) is 0 Å². The van der Waals surface area contributed by atoms with Gasteiger partial charge in [-0.05, 0) is 58.3 Å². The fraction of sp³-hybridized carbons (Fsp3) is 0.211. The van der Waals surface area contributed by atoms with Gasteiger partial charge in [0.05, 0.1) is 24.4 Å². The summed E-state index contributed by atoms with van der Waals surface area (Å²) in [5.41, 5.74) is 1.98. The summed E-state index contributed by atoms with van der Waals surface area (Å²) < 4.78 is 13.9. The summed E-state index contributed by atoms with van der Waals surface area (Å²) in [5, 5.41) is 11.6. The molecule has 6 nitrogen and oxygen atoms in total. The Kier molecular flexibility index (Phi) is 6.41. The van der Waals surface area contributed by atoms with E-state index in [2.05, 4.69) is 31.2 Å². The first kappa shape index (κ1) is 19.3. The molecule has 0 saturated heterocycles. The number of aromatic amines is 1. The lowest BCUT2D eigenvalue weighted by molar-refractivity contribution is 0.309. The number of methoxy groups -OCH3 is 1. The highest BCUT2D eigenvalue weighted by atomic mass is 79.9. The SMILES string of the molecule is CCOc1c(Br)cc(/C=N\n2c(Cc3ccccc3)n[nH]c2=S)cc1OC. The Morgan fingerprint density at radius 2 is 2.07 bits per heavy atom. The molecule has 3 rings (SSSR count). The van der Waals surface area contributed by atoms with E-state index in [-0.39, 0.29) is 0 Å². The van der Waals surface area contributed by atoms with Crippen LogP contribution in [0.25, 0.3) is 0 Å². The molecule has 3 aromatic rings. The number of nitrogens with zero attached hydrogens (tertiary/aromatic N) is 3. The normalized spacial score (nSPS) is 11.1. The zero-order chi connectivity index (χ0) is 19.2. The molecule has 27 heavy (non-hydrogen) atoms. The third kappa shape index (κ3) is 4.64. The average Bonchev–Trinajstić information content (AvgIpc) is 3.02. The van der Waals surface area contributed by atoms with Crippen molar-refractivity contribution in [1.82, 2.24) is 14.9 Å². The number of aromatic nitrogens is 3. The van der Waals surface area contributed by atoms with E-state index in [4.69, 9.17) is 21.7 Å². The van der Waals surface area contributed by atoms with Gasteiger partial charge in [-0.15, -0.1) is 0 Å². The van der Waals surface area contributed by atoms with Crippen LogP contribution in [-0.4, -0.2) is 34.8 Å². The lowest BCUT2D eigenvalue weighted by Gasteiger charge is -2.12. The first-order valence-electron chi connectivity index (χ1n) is 8.37. The Morgan fingerprint density at radius 1 is 1.30 bits per heavy atom. The lowest BCUT2D eigenvalue weighted by Crippen LogP contribution is -2.01. The minimum absolute atomic E-state index is 0.439. The number of nitrogens with one attached hydrogen (secondary N) is 1. The van der Waals surface area contributed by atoms with Gasteiger partial charge in [-0.25, -0.2) is 0 Å². The van der Waals surface area contributed by atoms with Gasteiger partial charge in [-0.1, -0.05) is 30.3 Å². The van der Waals surface area contributed by atoms with Gasteiger partial charge >= 0.3 is 0 Å². The van der Waals surface area contributed by atoms with Crippen molar-refractivity contribution in [2.24, 2.45) is 5.10 Å². The number of hydrogen-bond acceptors (Lipinski definition) is 5. The van der Waals surface area contributed by atoms with Crippen molar-refractivity contribution in [3.63, 3.8) is 0 Å². The van der Waals surface area contributed by atoms with E-state index in [9.17, 15) is 0 Å². The molecule has 0 bridgehead atoms. The summed E-state index contributed by atoms with van der Waals surface area (Å²) >= 11 is 8.83. The van der Waals surface area contributed by atoms with Gasteiger partial charge in [0, 0.05) is 6.42 Å². The van der Waals surface area contributed by atoms with E-state index in [0.29, 0.717) is 29.3 Å². The van der Waals surface area contributed by atoms with Crippen molar-refractivity contribution in [3.8, 4) is 11.5 Å². The molecule has 0 radical (unpaired) electrons. The van der Waals surface area contributed by atoms with Gasteiger partial charge in [0.1, 0.15) is 0 Å². The highest BCUT2D eigenvalue weighted by Gasteiger charge is 2.11. The molecule has 0 unspecified atom stereocenters. The summed E-state index contributed by atoms with van der Waals surface area (Å²) in [7, 11) is 1.61. The summed E-state index contributed by atoms with van der Waals surface area (Å²) in [6.45, 7) is 2.48. The molecule has 0 aliphatic rings. The first-order valence-corrected chi connectivity index (χ1v) is 9.57. The molecule has 1 heterocycles. The minimum Gasteiger partial charge on any atom is -0.493 e. The number of hydrogen-bond donors (Lipinski definition) is 1. The number of benzene rings is 2. The van der Waals surface area contributed by atoms with Crippen LogP contribution < -0.4 is 9.47 Å². The summed E-state index contributed by atoms with van der Waals surface area (Å²) in [6, 6.07) is 13.8. The van der Waals surface area contributed by atoms with Crippen LogP contribution in [0, 0.1) is 4.77 Å². The molecule has 8 heteroatoms. The van der Waals surface area contributed by atoms with Gasteiger partial charge in [-0.2, -0.15) is 14.9 Å². The van der Waals surface area contributed by atoms with Crippen LogP contribution in [0.1, 0.15) is 23.9 Å². The molecule has 0 amide bonds. The lowest BCUT2D eigenvalue weighted by atomic mass is 10.1. The Balaban J connectivity index is 1.89. The van der Waals surface area contributed by atoms with Crippen LogP contribution in [0.5, 0.6) is 11.5 Å². The average molecular weight is 447 g/mol. The molecular weight excluding hydrogens is 428 g/mol. The second-order valence-corrected chi connectivity index (χ2v) is 6.87.